The average molecular weight is 285 g/mol. The van der Waals surface area contributed by atoms with Crippen molar-refractivity contribution in [2.24, 2.45) is 5.92 Å². The van der Waals surface area contributed by atoms with Crippen LogP contribution in [0.3, 0.4) is 0 Å². The molecule has 2 nitrogen and oxygen atoms in total. The summed E-state index contributed by atoms with van der Waals surface area (Å²) in [5, 5.41) is 0.305. The maximum Gasteiger partial charge on any atom is 0.191 e. The fourth-order valence-corrected chi connectivity index (χ4v) is 2.60. The highest BCUT2D eigenvalue weighted by Crippen LogP contribution is 2.36. The minimum Gasteiger partial charge on any atom is -0.417 e. The van der Waals surface area contributed by atoms with Crippen molar-refractivity contribution in [3.05, 3.63) is 0 Å². The van der Waals surface area contributed by atoms with Crippen molar-refractivity contribution in [3.8, 4) is 12.3 Å². The van der Waals surface area contributed by atoms with Gasteiger partial charge in [-0.2, -0.15) is 0 Å². The van der Waals surface area contributed by atoms with E-state index >= 15 is 0 Å². The van der Waals surface area contributed by atoms with Gasteiger partial charge in [-0.25, -0.2) is 0 Å². The summed E-state index contributed by atoms with van der Waals surface area (Å²) in [6.45, 7) is 15.9. The van der Waals surface area contributed by atoms with E-state index in [-0.39, 0.29) is 0 Å². The maximum absolute atomic E-state index is 6.19. The summed E-state index contributed by atoms with van der Waals surface area (Å²) in [6.07, 6.45) is 8.54. The first kappa shape index (κ1) is 18.7. The van der Waals surface area contributed by atoms with Crippen LogP contribution >= 0.6 is 0 Å². The molecule has 1 atom stereocenters. The quantitative estimate of drug-likeness (QED) is 0.353. The Morgan fingerprint density at radius 2 is 1.79 bits per heavy atom. The van der Waals surface area contributed by atoms with Crippen molar-refractivity contribution in [3.63, 3.8) is 0 Å². The average Bonchev–Trinajstić information content (AvgIpc) is 2.27. The van der Waals surface area contributed by atoms with Gasteiger partial charge < -0.3 is 9.16 Å². The SMILES string of the molecule is C#CCOCCCC(C)CCO[Si](C)(C)C(C)(C)C. The van der Waals surface area contributed by atoms with E-state index in [1.807, 2.05) is 0 Å². The summed E-state index contributed by atoms with van der Waals surface area (Å²) in [7, 11) is -1.57. The molecule has 0 saturated carbocycles. The van der Waals surface area contributed by atoms with E-state index in [1.54, 1.807) is 0 Å². The van der Waals surface area contributed by atoms with Crippen LogP contribution < -0.4 is 0 Å². The Morgan fingerprint density at radius 1 is 1.16 bits per heavy atom. The third-order valence-corrected chi connectivity index (χ3v) is 8.59. The zero-order valence-electron chi connectivity index (χ0n) is 13.7. The van der Waals surface area contributed by atoms with E-state index in [9.17, 15) is 0 Å². The van der Waals surface area contributed by atoms with Crippen molar-refractivity contribution >= 4 is 8.32 Å². The molecule has 0 saturated heterocycles. The predicted octanol–water partition coefficient (Wildman–Crippen LogP) is 4.46. The summed E-state index contributed by atoms with van der Waals surface area (Å²) in [4.78, 5) is 0. The molecule has 3 heteroatoms. The molecule has 0 spiro atoms. The lowest BCUT2D eigenvalue weighted by atomic mass is 10.0. The minimum absolute atomic E-state index is 0.305. The number of ether oxygens (including phenoxy) is 1. The fraction of sp³-hybridized carbons (Fsp3) is 0.875. The molecular weight excluding hydrogens is 252 g/mol. The largest absolute Gasteiger partial charge is 0.417 e. The first-order chi connectivity index (χ1) is 8.70. The summed E-state index contributed by atoms with van der Waals surface area (Å²) >= 11 is 0. The molecule has 0 aliphatic carbocycles. The van der Waals surface area contributed by atoms with Crippen molar-refractivity contribution in [1.29, 1.82) is 0 Å². The van der Waals surface area contributed by atoms with Crippen LogP contribution in [0, 0.1) is 18.3 Å². The van der Waals surface area contributed by atoms with Crippen LogP contribution in [0.2, 0.25) is 18.1 Å². The Kier molecular flexibility index (Phi) is 8.65. The zero-order chi connectivity index (χ0) is 14.9. The van der Waals surface area contributed by atoms with Crippen LogP contribution in [-0.4, -0.2) is 28.1 Å². The highest BCUT2D eigenvalue weighted by atomic mass is 28.4. The lowest BCUT2D eigenvalue weighted by Crippen LogP contribution is -2.41. The topological polar surface area (TPSA) is 18.5 Å². The zero-order valence-corrected chi connectivity index (χ0v) is 14.7. The van der Waals surface area contributed by atoms with E-state index in [4.69, 9.17) is 15.6 Å². The summed E-state index contributed by atoms with van der Waals surface area (Å²) in [6, 6.07) is 0. The normalized spacial score (nSPS) is 14.2. The van der Waals surface area contributed by atoms with E-state index in [1.165, 1.54) is 6.42 Å². The maximum atomic E-state index is 6.19. The molecule has 0 aromatic carbocycles. The second-order valence-corrected chi connectivity index (χ2v) is 11.7. The van der Waals surface area contributed by atoms with Gasteiger partial charge in [0.25, 0.3) is 0 Å². The molecule has 0 fully saturated rings. The van der Waals surface area contributed by atoms with Gasteiger partial charge in [-0.05, 0) is 43.3 Å². The monoisotopic (exact) mass is 284 g/mol. The summed E-state index contributed by atoms with van der Waals surface area (Å²) in [5.41, 5.74) is 0. The highest BCUT2D eigenvalue weighted by Gasteiger charge is 2.36. The van der Waals surface area contributed by atoms with Crippen LogP contribution in [-0.2, 0) is 9.16 Å². The van der Waals surface area contributed by atoms with Gasteiger partial charge in [-0.1, -0.05) is 33.6 Å². The number of hydrogen-bond donors (Lipinski definition) is 0. The van der Waals surface area contributed by atoms with Gasteiger partial charge in [-0.3, -0.25) is 0 Å². The molecule has 0 aliphatic rings. The molecule has 0 radical (unpaired) electrons. The highest BCUT2D eigenvalue weighted by molar-refractivity contribution is 6.74. The molecule has 0 aromatic heterocycles. The van der Waals surface area contributed by atoms with E-state index in [0.717, 1.165) is 26.1 Å². The van der Waals surface area contributed by atoms with E-state index in [2.05, 4.69) is 46.7 Å². The lowest BCUT2D eigenvalue weighted by Gasteiger charge is -2.36. The third kappa shape index (κ3) is 8.46. The predicted molar refractivity (Wildman–Crippen MR) is 85.8 cm³/mol. The van der Waals surface area contributed by atoms with Crippen LogP contribution in [0.5, 0.6) is 0 Å². The van der Waals surface area contributed by atoms with Gasteiger partial charge in [-0.15, -0.1) is 6.42 Å². The Morgan fingerprint density at radius 3 is 2.32 bits per heavy atom. The first-order valence-corrected chi connectivity index (χ1v) is 10.3. The van der Waals surface area contributed by atoms with Gasteiger partial charge in [0, 0.05) is 13.2 Å². The van der Waals surface area contributed by atoms with Crippen molar-refractivity contribution < 1.29 is 9.16 Å². The number of rotatable bonds is 9. The Labute approximate surface area is 121 Å². The Balaban J connectivity index is 3.69. The van der Waals surface area contributed by atoms with Gasteiger partial charge in [0.2, 0.25) is 0 Å². The van der Waals surface area contributed by atoms with Gasteiger partial charge in [0.15, 0.2) is 8.32 Å². The second-order valence-electron chi connectivity index (χ2n) is 6.90. The van der Waals surface area contributed by atoms with Gasteiger partial charge in [0.05, 0.1) is 0 Å². The van der Waals surface area contributed by atoms with Crippen molar-refractivity contribution in [2.75, 3.05) is 19.8 Å². The molecule has 0 N–H and O–H groups in total. The Bertz CT molecular complexity index is 273. The molecule has 112 valence electrons. The van der Waals surface area contributed by atoms with Gasteiger partial charge >= 0.3 is 0 Å². The second kappa shape index (κ2) is 8.79. The van der Waals surface area contributed by atoms with Crippen LogP contribution in [0.25, 0.3) is 0 Å². The molecule has 0 aliphatic heterocycles. The number of hydrogen-bond acceptors (Lipinski definition) is 2. The lowest BCUT2D eigenvalue weighted by molar-refractivity contribution is 0.156. The molecule has 0 amide bonds. The standard InChI is InChI=1S/C16H32O2Si/c1-8-12-17-13-9-10-15(2)11-14-18-19(6,7)16(3,4)5/h1,15H,9-14H2,2-7H3. The van der Waals surface area contributed by atoms with Crippen molar-refractivity contribution in [1.82, 2.24) is 0 Å². The third-order valence-electron chi connectivity index (χ3n) is 4.05. The fourth-order valence-electron chi connectivity index (χ4n) is 1.54. The first-order valence-electron chi connectivity index (χ1n) is 7.36. The molecule has 0 aromatic rings. The molecule has 0 bridgehead atoms. The minimum atomic E-state index is -1.57. The van der Waals surface area contributed by atoms with Crippen LogP contribution in [0.15, 0.2) is 0 Å². The molecule has 1 unspecified atom stereocenters. The molecule has 19 heavy (non-hydrogen) atoms. The van der Waals surface area contributed by atoms with E-state index in [0.29, 0.717) is 17.6 Å². The molecule has 0 heterocycles. The van der Waals surface area contributed by atoms with Crippen LogP contribution in [0.4, 0.5) is 0 Å². The molecule has 0 rings (SSSR count). The number of terminal acetylenes is 1. The Hall–Kier alpha value is -0.303. The molecular formula is C16H32O2Si. The van der Waals surface area contributed by atoms with E-state index < -0.39 is 8.32 Å². The van der Waals surface area contributed by atoms with Crippen molar-refractivity contribution in [2.45, 2.75) is 65.1 Å². The summed E-state index contributed by atoms with van der Waals surface area (Å²) < 4.78 is 11.5. The summed E-state index contributed by atoms with van der Waals surface area (Å²) in [5.74, 6) is 3.18. The van der Waals surface area contributed by atoms with Crippen LogP contribution in [0.1, 0.15) is 47.0 Å². The van der Waals surface area contributed by atoms with Gasteiger partial charge in [0.1, 0.15) is 6.61 Å². The smallest absolute Gasteiger partial charge is 0.191 e.